The monoisotopic (exact) mass is 152 g/mol. The van der Waals surface area contributed by atoms with Gasteiger partial charge in [0.15, 0.2) is 0 Å². The van der Waals surface area contributed by atoms with E-state index in [9.17, 15) is 0 Å². The third-order valence-electron chi connectivity index (χ3n) is 0.633. The number of thioether (sulfide) groups is 2. The minimum atomic E-state index is 0.880. The van der Waals surface area contributed by atoms with Crippen LogP contribution in [0.3, 0.4) is 0 Å². The molecule has 0 radical (unpaired) electrons. The van der Waals surface area contributed by atoms with Gasteiger partial charge in [-0.05, 0) is 6.26 Å². The first-order valence-corrected chi connectivity index (χ1v) is 5.02. The summed E-state index contributed by atoms with van der Waals surface area (Å²) in [5.41, 5.74) is 0. The topological polar surface area (TPSA) is 9.23 Å². The van der Waals surface area contributed by atoms with E-state index >= 15 is 0 Å². The lowest BCUT2D eigenvalue weighted by Gasteiger charge is -1.95. The molecular formula is C5H12OS2. The quantitative estimate of drug-likeness (QED) is 0.438. The van der Waals surface area contributed by atoms with Crippen molar-refractivity contribution in [1.82, 2.24) is 0 Å². The fraction of sp³-hybridized carbons (Fsp3) is 1.00. The van der Waals surface area contributed by atoms with Crippen molar-refractivity contribution in [2.24, 2.45) is 0 Å². The van der Waals surface area contributed by atoms with Crippen LogP contribution in [-0.4, -0.2) is 30.8 Å². The van der Waals surface area contributed by atoms with Crippen LogP contribution in [0.5, 0.6) is 0 Å². The van der Waals surface area contributed by atoms with Crippen LogP contribution in [0.25, 0.3) is 0 Å². The molecule has 1 nitrogen and oxygen atoms in total. The van der Waals surface area contributed by atoms with Crippen molar-refractivity contribution in [2.45, 2.75) is 0 Å². The molecule has 0 rings (SSSR count). The predicted octanol–water partition coefficient (Wildman–Crippen LogP) is 1.69. The second-order valence-corrected chi connectivity index (χ2v) is 3.64. The largest absolute Gasteiger partial charge is 0.384 e. The molecule has 0 aromatic carbocycles. The fourth-order valence-electron chi connectivity index (χ4n) is 0.285. The first kappa shape index (κ1) is 8.66. The number of rotatable bonds is 5. The Balaban J connectivity index is 2.53. The number of hydrogen-bond acceptors (Lipinski definition) is 3. The average molecular weight is 152 g/mol. The van der Waals surface area contributed by atoms with Crippen LogP contribution in [-0.2, 0) is 4.74 Å². The van der Waals surface area contributed by atoms with E-state index in [1.165, 1.54) is 5.08 Å². The summed E-state index contributed by atoms with van der Waals surface area (Å²) in [4.78, 5) is 0. The number of hydrogen-bond donors (Lipinski definition) is 0. The third-order valence-corrected chi connectivity index (χ3v) is 2.70. The fourth-order valence-corrected chi connectivity index (χ4v) is 1.71. The molecule has 0 fully saturated rings. The highest BCUT2D eigenvalue weighted by Crippen LogP contribution is 2.06. The lowest BCUT2D eigenvalue weighted by molar-refractivity contribution is 0.219. The van der Waals surface area contributed by atoms with Gasteiger partial charge in [0.05, 0.1) is 6.61 Å². The maximum absolute atomic E-state index is 4.86. The van der Waals surface area contributed by atoms with Gasteiger partial charge in [-0.25, -0.2) is 0 Å². The van der Waals surface area contributed by atoms with E-state index in [2.05, 4.69) is 6.26 Å². The maximum Gasteiger partial charge on any atom is 0.0553 e. The van der Waals surface area contributed by atoms with Gasteiger partial charge in [0.25, 0.3) is 0 Å². The lowest BCUT2D eigenvalue weighted by atomic mass is 10.9. The first-order chi connectivity index (χ1) is 3.91. The van der Waals surface area contributed by atoms with Gasteiger partial charge >= 0.3 is 0 Å². The Morgan fingerprint density at radius 2 is 2.25 bits per heavy atom. The smallest absolute Gasteiger partial charge is 0.0553 e. The van der Waals surface area contributed by atoms with Crippen LogP contribution in [0.2, 0.25) is 0 Å². The Kier molecular flexibility index (Phi) is 8.29. The summed E-state index contributed by atoms with van der Waals surface area (Å²) >= 11 is 3.78. The van der Waals surface area contributed by atoms with Gasteiger partial charge in [0, 0.05) is 17.9 Å². The molecule has 0 aliphatic rings. The van der Waals surface area contributed by atoms with Gasteiger partial charge in [0.1, 0.15) is 0 Å². The van der Waals surface area contributed by atoms with Crippen molar-refractivity contribution in [1.29, 1.82) is 0 Å². The zero-order valence-corrected chi connectivity index (χ0v) is 6.98. The zero-order chi connectivity index (χ0) is 6.24. The standard InChI is InChI=1S/C5H12OS2/c1-6-3-4-8-5-7-2/h3-5H2,1-2H3. The maximum atomic E-state index is 4.86. The van der Waals surface area contributed by atoms with Crippen LogP contribution < -0.4 is 0 Å². The molecule has 0 heterocycles. The SMILES string of the molecule is COCCSCSC. The van der Waals surface area contributed by atoms with Gasteiger partial charge in [-0.3, -0.25) is 0 Å². The summed E-state index contributed by atoms with van der Waals surface area (Å²) in [5, 5.41) is 1.18. The van der Waals surface area contributed by atoms with Crippen LogP contribution >= 0.6 is 23.5 Å². The third kappa shape index (κ3) is 6.66. The van der Waals surface area contributed by atoms with Crippen LogP contribution in [0.1, 0.15) is 0 Å². The molecule has 3 heteroatoms. The van der Waals surface area contributed by atoms with E-state index in [4.69, 9.17) is 4.74 Å². The molecule has 0 aliphatic heterocycles. The van der Waals surface area contributed by atoms with Gasteiger partial charge < -0.3 is 4.74 Å². The molecule has 0 aromatic heterocycles. The summed E-state index contributed by atoms with van der Waals surface area (Å²) in [5.74, 6) is 1.12. The minimum absolute atomic E-state index is 0.880. The molecule has 0 saturated heterocycles. The normalized spacial score (nSPS) is 9.75. The molecular weight excluding hydrogens is 140 g/mol. The van der Waals surface area contributed by atoms with E-state index in [1.54, 1.807) is 7.11 Å². The van der Waals surface area contributed by atoms with Crippen molar-refractivity contribution < 1.29 is 4.74 Å². The molecule has 0 unspecified atom stereocenters. The van der Waals surface area contributed by atoms with E-state index in [0.29, 0.717) is 0 Å². The Morgan fingerprint density at radius 3 is 2.75 bits per heavy atom. The highest BCUT2D eigenvalue weighted by molar-refractivity contribution is 8.15. The minimum Gasteiger partial charge on any atom is -0.384 e. The number of ether oxygens (including phenoxy) is 1. The van der Waals surface area contributed by atoms with Gasteiger partial charge in [-0.2, -0.15) is 11.8 Å². The number of methoxy groups -OCH3 is 1. The highest BCUT2D eigenvalue weighted by atomic mass is 32.2. The van der Waals surface area contributed by atoms with Crippen LogP contribution in [0, 0.1) is 0 Å². The van der Waals surface area contributed by atoms with E-state index < -0.39 is 0 Å². The van der Waals surface area contributed by atoms with E-state index in [-0.39, 0.29) is 0 Å². The van der Waals surface area contributed by atoms with Gasteiger partial charge in [-0.15, -0.1) is 11.8 Å². The molecule has 0 atom stereocenters. The molecule has 8 heavy (non-hydrogen) atoms. The summed E-state index contributed by atoms with van der Waals surface area (Å²) in [6.45, 7) is 0.880. The Labute approximate surface area is 59.6 Å². The molecule has 50 valence electrons. The molecule has 0 bridgehead atoms. The van der Waals surface area contributed by atoms with Crippen molar-refractivity contribution in [3.63, 3.8) is 0 Å². The summed E-state index contributed by atoms with van der Waals surface area (Å²) in [7, 11) is 1.74. The molecule has 0 N–H and O–H groups in total. The summed E-state index contributed by atoms with van der Waals surface area (Å²) < 4.78 is 4.86. The average Bonchev–Trinajstić information content (AvgIpc) is 1.81. The zero-order valence-electron chi connectivity index (χ0n) is 5.35. The van der Waals surface area contributed by atoms with Gasteiger partial charge in [-0.1, -0.05) is 0 Å². The van der Waals surface area contributed by atoms with Crippen LogP contribution in [0.15, 0.2) is 0 Å². The second kappa shape index (κ2) is 7.66. The Morgan fingerprint density at radius 1 is 1.50 bits per heavy atom. The van der Waals surface area contributed by atoms with Crippen molar-refractivity contribution >= 4 is 23.5 Å². The van der Waals surface area contributed by atoms with Crippen molar-refractivity contribution in [3.05, 3.63) is 0 Å². The van der Waals surface area contributed by atoms with Crippen LogP contribution in [0.4, 0.5) is 0 Å². The molecule has 0 spiro atoms. The highest BCUT2D eigenvalue weighted by Gasteiger charge is 1.83. The predicted molar refractivity (Wildman–Crippen MR) is 42.7 cm³/mol. The molecule has 0 saturated carbocycles. The van der Waals surface area contributed by atoms with Crippen molar-refractivity contribution in [3.8, 4) is 0 Å². The molecule has 0 aliphatic carbocycles. The first-order valence-electron chi connectivity index (χ1n) is 2.47. The van der Waals surface area contributed by atoms with Gasteiger partial charge in [0.2, 0.25) is 0 Å². The van der Waals surface area contributed by atoms with E-state index in [0.717, 1.165) is 12.4 Å². The summed E-state index contributed by atoms with van der Waals surface area (Å²) in [6, 6.07) is 0. The second-order valence-electron chi connectivity index (χ2n) is 1.31. The molecule has 0 amide bonds. The van der Waals surface area contributed by atoms with Crippen molar-refractivity contribution in [2.75, 3.05) is 30.8 Å². The van der Waals surface area contributed by atoms with E-state index in [1.807, 2.05) is 23.5 Å². The lowest BCUT2D eigenvalue weighted by Crippen LogP contribution is -1.90. The molecule has 0 aromatic rings. The Bertz CT molecular complexity index is 35.4. The Hall–Kier alpha value is 0.660. The summed E-state index contributed by atoms with van der Waals surface area (Å²) in [6.07, 6.45) is 2.11.